The van der Waals surface area contributed by atoms with E-state index in [0.717, 1.165) is 22.6 Å². The van der Waals surface area contributed by atoms with Gasteiger partial charge in [-0.2, -0.15) is 5.01 Å². The van der Waals surface area contributed by atoms with Crippen LogP contribution in [0.1, 0.15) is 26.3 Å². The Morgan fingerprint density at radius 3 is 2.71 bits per heavy atom. The molecule has 4 amide bonds. The molecule has 2 heterocycles. The van der Waals surface area contributed by atoms with E-state index in [1.807, 2.05) is 24.3 Å². The van der Waals surface area contributed by atoms with Crippen molar-refractivity contribution in [3.8, 4) is 5.75 Å². The normalized spacial score (nSPS) is 18.0. The Balaban J connectivity index is 1.46. The molecule has 178 valence electrons. The zero-order valence-electron chi connectivity index (χ0n) is 19.5. The quantitative estimate of drug-likeness (QED) is 0.378. The molecule has 2 N–H and O–H groups in total. The van der Waals surface area contributed by atoms with E-state index in [4.69, 9.17) is 4.74 Å². The number of nitrogens with one attached hydrogen (secondary N) is 2. The smallest absolute Gasteiger partial charge is 0.344 e. The number of imide groups is 1. The van der Waals surface area contributed by atoms with Crippen LogP contribution in [0.2, 0.25) is 0 Å². The van der Waals surface area contributed by atoms with Gasteiger partial charge >= 0.3 is 6.03 Å². The minimum atomic E-state index is -1.32. The number of imidazole rings is 1. The Bertz CT molecular complexity index is 1260. The van der Waals surface area contributed by atoms with E-state index in [2.05, 4.69) is 34.1 Å². The highest BCUT2D eigenvalue weighted by molar-refractivity contribution is 7.99. The molecule has 1 aliphatic heterocycles. The number of aromatic nitrogens is 2. The number of rotatable bonds is 8. The van der Waals surface area contributed by atoms with Crippen molar-refractivity contribution in [3.63, 3.8) is 0 Å². The number of hydrogen-bond acceptors (Lipinski definition) is 6. The van der Waals surface area contributed by atoms with Gasteiger partial charge in [-0.05, 0) is 42.7 Å². The zero-order valence-corrected chi connectivity index (χ0v) is 20.3. The van der Waals surface area contributed by atoms with Crippen LogP contribution in [0.3, 0.4) is 0 Å². The summed E-state index contributed by atoms with van der Waals surface area (Å²) in [6.45, 7) is 6.59. The van der Waals surface area contributed by atoms with Crippen LogP contribution in [0, 0.1) is 5.92 Å². The predicted molar refractivity (Wildman–Crippen MR) is 129 cm³/mol. The maximum Gasteiger partial charge on any atom is 0.344 e. The Labute approximate surface area is 201 Å². The molecule has 34 heavy (non-hydrogen) atoms. The van der Waals surface area contributed by atoms with Gasteiger partial charge in [0.1, 0.15) is 11.3 Å². The number of nitrogens with zero attached hydrogens (tertiary/aromatic N) is 3. The molecule has 1 saturated heterocycles. The first-order valence-electron chi connectivity index (χ1n) is 10.9. The van der Waals surface area contributed by atoms with Crippen molar-refractivity contribution in [3.05, 3.63) is 54.1 Å². The Morgan fingerprint density at radius 2 is 1.97 bits per heavy atom. The molecule has 0 unspecified atom stereocenters. The first-order chi connectivity index (χ1) is 16.2. The van der Waals surface area contributed by atoms with Crippen LogP contribution in [-0.2, 0) is 21.7 Å². The molecule has 9 nitrogen and oxygen atoms in total. The maximum absolute atomic E-state index is 13.1. The Kier molecular flexibility index (Phi) is 6.52. The highest BCUT2D eigenvalue weighted by Gasteiger charge is 2.50. The van der Waals surface area contributed by atoms with Gasteiger partial charge in [-0.25, -0.2) is 9.78 Å². The summed E-state index contributed by atoms with van der Waals surface area (Å²) in [7, 11) is 1.52. The molecule has 0 bridgehead atoms. The molecule has 1 aromatic heterocycles. The van der Waals surface area contributed by atoms with E-state index in [-0.39, 0.29) is 5.75 Å². The second kappa shape index (κ2) is 9.38. The molecular formula is C24H27N5O4S. The lowest BCUT2D eigenvalue weighted by molar-refractivity contribution is -0.138. The van der Waals surface area contributed by atoms with E-state index in [1.165, 1.54) is 18.9 Å². The Morgan fingerprint density at radius 1 is 1.21 bits per heavy atom. The van der Waals surface area contributed by atoms with E-state index in [0.29, 0.717) is 22.4 Å². The molecular weight excluding hydrogens is 454 g/mol. The van der Waals surface area contributed by atoms with Gasteiger partial charge in [0.15, 0.2) is 5.16 Å². The summed E-state index contributed by atoms with van der Waals surface area (Å²) in [4.78, 5) is 43.0. The van der Waals surface area contributed by atoms with Crippen LogP contribution < -0.4 is 15.5 Å². The summed E-state index contributed by atoms with van der Waals surface area (Å²) >= 11 is 1.26. The number of urea groups is 1. The summed E-state index contributed by atoms with van der Waals surface area (Å²) in [5.41, 5.74) is 3.53. The Hall–Kier alpha value is -3.53. The molecule has 0 radical (unpaired) electrons. The van der Waals surface area contributed by atoms with Crippen LogP contribution >= 0.6 is 11.8 Å². The topological polar surface area (TPSA) is 106 Å². The highest BCUT2D eigenvalue weighted by Crippen LogP contribution is 2.30. The number of methoxy groups -OCH3 is 1. The first-order valence-corrected chi connectivity index (χ1v) is 11.9. The van der Waals surface area contributed by atoms with Crippen molar-refractivity contribution in [2.45, 2.75) is 38.0 Å². The summed E-state index contributed by atoms with van der Waals surface area (Å²) in [5, 5.41) is 4.12. The van der Waals surface area contributed by atoms with Gasteiger partial charge in [0, 0.05) is 6.54 Å². The lowest BCUT2D eigenvalue weighted by atomic mass is 9.92. The standard InChI is InChI=1S/C24H27N5O4S/c1-15(2)13-28-19-11-6-5-10-18(19)25-23(28)34-14-20(30)27-29-21(31)24(3,26-22(29)32)16-8-7-9-17(12-16)33-4/h5-12,15H,13-14H2,1-4H3,(H,26,32)(H,27,30)/t24-/m1/s1. The number of ether oxygens (including phenoxy) is 1. The molecule has 4 rings (SSSR count). The number of thioether (sulfide) groups is 1. The average Bonchev–Trinajstić information content (AvgIpc) is 3.27. The van der Waals surface area contributed by atoms with Gasteiger partial charge in [-0.15, -0.1) is 0 Å². The van der Waals surface area contributed by atoms with Crippen molar-refractivity contribution < 1.29 is 19.1 Å². The van der Waals surface area contributed by atoms with Crippen LogP contribution in [0.25, 0.3) is 11.0 Å². The van der Waals surface area contributed by atoms with Crippen molar-refractivity contribution in [2.75, 3.05) is 12.9 Å². The third-order valence-corrected chi connectivity index (χ3v) is 6.55. The number of hydrazine groups is 1. The fourth-order valence-corrected chi connectivity index (χ4v) is 4.68. The highest BCUT2D eigenvalue weighted by atomic mass is 32.2. The summed E-state index contributed by atoms with van der Waals surface area (Å²) in [6, 6.07) is 14.0. The predicted octanol–water partition coefficient (Wildman–Crippen LogP) is 3.29. The summed E-state index contributed by atoms with van der Waals surface area (Å²) in [5.74, 6) is -0.105. The average molecular weight is 482 g/mol. The molecule has 10 heteroatoms. The molecule has 1 atom stereocenters. The van der Waals surface area contributed by atoms with E-state index in [9.17, 15) is 14.4 Å². The number of para-hydroxylation sites is 2. The summed E-state index contributed by atoms with van der Waals surface area (Å²) < 4.78 is 7.31. The SMILES string of the molecule is COc1cccc([C@@]2(C)NC(=O)N(NC(=O)CSc3nc4ccccc4n3CC(C)C)C2=O)c1. The minimum Gasteiger partial charge on any atom is -0.497 e. The van der Waals surface area contributed by atoms with Gasteiger partial charge in [0.2, 0.25) is 5.91 Å². The lowest BCUT2D eigenvalue weighted by Crippen LogP contribution is -2.48. The van der Waals surface area contributed by atoms with Gasteiger partial charge in [0.05, 0.1) is 23.9 Å². The fourth-order valence-electron chi connectivity index (χ4n) is 3.86. The number of fused-ring (bicyclic) bond motifs is 1. The summed E-state index contributed by atoms with van der Waals surface area (Å²) in [6.07, 6.45) is 0. The molecule has 0 aliphatic carbocycles. The van der Waals surface area contributed by atoms with Gasteiger partial charge in [-0.1, -0.05) is 49.9 Å². The van der Waals surface area contributed by atoms with Crippen LogP contribution in [0.4, 0.5) is 4.79 Å². The van der Waals surface area contributed by atoms with Gasteiger partial charge in [0.25, 0.3) is 5.91 Å². The van der Waals surface area contributed by atoms with Gasteiger partial charge < -0.3 is 14.6 Å². The number of amides is 4. The molecule has 2 aromatic carbocycles. The third-order valence-electron chi connectivity index (χ3n) is 5.57. The van der Waals surface area contributed by atoms with Crippen LogP contribution in [0.5, 0.6) is 5.75 Å². The molecule has 0 spiro atoms. The maximum atomic E-state index is 13.1. The van der Waals surface area contributed by atoms with E-state index >= 15 is 0 Å². The monoisotopic (exact) mass is 481 g/mol. The number of hydrogen-bond donors (Lipinski definition) is 2. The second-order valence-corrected chi connectivity index (χ2v) is 9.58. The number of carbonyl (C=O) groups is 3. The fraction of sp³-hybridized carbons (Fsp3) is 0.333. The van der Waals surface area contributed by atoms with E-state index < -0.39 is 23.4 Å². The van der Waals surface area contributed by atoms with E-state index in [1.54, 1.807) is 31.2 Å². The van der Waals surface area contributed by atoms with Crippen molar-refractivity contribution in [1.29, 1.82) is 0 Å². The third kappa shape index (κ3) is 4.45. The lowest BCUT2D eigenvalue weighted by Gasteiger charge is -2.22. The van der Waals surface area contributed by atoms with Gasteiger partial charge in [-0.3, -0.25) is 15.0 Å². The van der Waals surface area contributed by atoms with Crippen molar-refractivity contribution in [2.24, 2.45) is 5.92 Å². The molecule has 1 aliphatic rings. The largest absolute Gasteiger partial charge is 0.497 e. The number of benzene rings is 2. The first kappa shape index (κ1) is 23.6. The molecule has 1 fully saturated rings. The zero-order chi connectivity index (χ0) is 24.5. The van der Waals surface area contributed by atoms with Crippen LogP contribution in [0.15, 0.2) is 53.7 Å². The second-order valence-electron chi connectivity index (χ2n) is 8.64. The van der Waals surface area contributed by atoms with Crippen molar-refractivity contribution >= 4 is 40.6 Å². The minimum absolute atomic E-state index is 0.00560. The number of carbonyl (C=O) groups excluding carboxylic acids is 3. The van der Waals surface area contributed by atoms with Crippen molar-refractivity contribution in [1.82, 2.24) is 25.3 Å². The molecule has 0 saturated carbocycles. The van der Waals surface area contributed by atoms with Crippen LogP contribution in [-0.4, -0.2) is 45.3 Å². The molecule has 3 aromatic rings.